The van der Waals surface area contributed by atoms with Crippen LogP contribution in [0.25, 0.3) is 0 Å². The van der Waals surface area contributed by atoms with Gasteiger partial charge in [-0.15, -0.1) is 0 Å². The summed E-state index contributed by atoms with van der Waals surface area (Å²) < 4.78 is 0. The molecule has 0 spiro atoms. The molecule has 0 bridgehead atoms. The predicted molar refractivity (Wildman–Crippen MR) is 57.6 cm³/mol. The van der Waals surface area contributed by atoms with E-state index in [1.807, 2.05) is 0 Å². The molecule has 0 unspecified atom stereocenters. The largest absolute Gasteiger partial charge is 0.384 e. The van der Waals surface area contributed by atoms with Crippen LogP contribution in [0.3, 0.4) is 0 Å². The summed E-state index contributed by atoms with van der Waals surface area (Å²) in [6.07, 6.45) is 5.21. The number of hydrogen-bond donors (Lipinski definition) is 1. The van der Waals surface area contributed by atoms with Gasteiger partial charge in [-0.1, -0.05) is 13.8 Å². The summed E-state index contributed by atoms with van der Waals surface area (Å²) in [5.74, 6) is 0.685. The molecule has 0 saturated heterocycles. The highest BCUT2D eigenvalue weighted by molar-refractivity contribution is 5.75. The van der Waals surface area contributed by atoms with Crippen LogP contribution >= 0.6 is 0 Å². The first kappa shape index (κ1) is 10.7. The highest BCUT2D eigenvalue weighted by Gasteiger charge is 1.96. The fraction of sp³-hybridized carbons (Fsp3) is 0.455. The quantitative estimate of drug-likeness (QED) is 0.728. The molecule has 3 nitrogen and oxygen atoms in total. The van der Waals surface area contributed by atoms with E-state index in [0.29, 0.717) is 11.5 Å². The molecule has 0 aromatic carbocycles. The molecule has 0 amide bonds. The maximum atomic E-state index is 10.5. The average Bonchev–Trinajstić information content (AvgIpc) is 2.18. The fourth-order valence-corrected chi connectivity index (χ4v) is 1.12. The number of carbonyl (C=O) groups excluding carboxylic acids is 1. The third kappa shape index (κ3) is 3.56. The topological polar surface area (TPSA) is 42.0 Å². The lowest BCUT2D eigenvalue weighted by Crippen LogP contribution is -2.05. The Bertz CT molecular complexity index is 297. The first-order chi connectivity index (χ1) is 6.72. The van der Waals surface area contributed by atoms with E-state index in [1.165, 1.54) is 0 Å². The van der Waals surface area contributed by atoms with Gasteiger partial charge in [-0.3, -0.25) is 9.78 Å². The third-order valence-electron chi connectivity index (χ3n) is 1.95. The minimum atomic E-state index is 0.611. The smallest absolute Gasteiger partial charge is 0.151 e. The van der Waals surface area contributed by atoms with Crippen LogP contribution in [0.4, 0.5) is 5.69 Å². The van der Waals surface area contributed by atoms with Crippen LogP contribution < -0.4 is 5.32 Å². The standard InChI is InChI=1S/C11H16N2O/c1-9(2)3-4-13-11-5-10(8-14)6-12-7-11/h5-9,13H,3-4H2,1-2H3. The zero-order valence-electron chi connectivity index (χ0n) is 8.66. The van der Waals surface area contributed by atoms with E-state index < -0.39 is 0 Å². The molecule has 0 aliphatic rings. The first-order valence-corrected chi connectivity index (χ1v) is 4.86. The molecular weight excluding hydrogens is 176 g/mol. The minimum absolute atomic E-state index is 0.611. The Hall–Kier alpha value is -1.38. The van der Waals surface area contributed by atoms with Crippen molar-refractivity contribution in [2.75, 3.05) is 11.9 Å². The van der Waals surface area contributed by atoms with E-state index in [-0.39, 0.29) is 0 Å². The van der Waals surface area contributed by atoms with Gasteiger partial charge in [0.05, 0.1) is 5.69 Å². The second-order valence-electron chi connectivity index (χ2n) is 3.73. The van der Waals surface area contributed by atoms with Crippen molar-refractivity contribution < 1.29 is 4.79 Å². The van der Waals surface area contributed by atoms with Crippen molar-refractivity contribution >= 4 is 12.0 Å². The van der Waals surface area contributed by atoms with Crippen molar-refractivity contribution in [2.24, 2.45) is 5.92 Å². The molecule has 14 heavy (non-hydrogen) atoms. The monoisotopic (exact) mass is 192 g/mol. The van der Waals surface area contributed by atoms with Crippen LogP contribution in [-0.4, -0.2) is 17.8 Å². The summed E-state index contributed by atoms with van der Waals surface area (Å²) >= 11 is 0. The van der Waals surface area contributed by atoms with Gasteiger partial charge in [0.15, 0.2) is 6.29 Å². The lowest BCUT2D eigenvalue weighted by molar-refractivity contribution is 0.112. The number of carbonyl (C=O) groups is 1. The Morgan fingerprint density at radius 1 is 1.50 bits per heavy atom. The molecule has 0 aliphatic heterocycles. The van der Waals surface area contributed by atoms with Gasteiger partial charge in [0.2, 0.25) is 0 Å². The van der Waals surface area contributed by atoms with E-state index in [1.54, 1.807) is 18.5 Å². The van der Waals surface area contributed by atoms with Crippen LogP contribution in [0.5, 0.6) is 0 Å². The van der Waals surface area contributed by atoms with Crippen LogP contribution in [0, 0.1) is 5.92 Å². The molecule has 0 radical (unpaired) electrons. The van der Waals surface area contributed by atoms with E-state index in [0.717, 1.165) is 24.9 Å². The molecule has 0 saturated carbocycles. The molecule has 1 rings (SSSR count). The summed E-state index contributed by atoms with van der Waals surface area (Å²) in [6, 6.07) is 1.81. The second-order valence-corrected chi connectivity index (χ2v) is 3.73. The molecular formula is C11H16N2O. The summed E-state index contributed by atoms with van der Waals surface area (Å²) in [4.78, 5) is 14.4. The van der Waals surface area contributed by atoms with Crippen molar-refractivity contribution in [1.82, 2.24) is 4.98 Å². The van der Waals surface area contributed by atoms with Crippen molar-refractivity contribution in [1.29, 1.82) is 0 Å². The number of pyridine rings is 1. The van der Waals surface area contributed by atoms with Gasteiger partial charge in [-0.05, 0) is 18.4 Å². The summed E-state index contributed by atoms with van der Waals surface area (Å²) in [6.45, 7) is 5.28. The number of aldehydes is 1. The minimum Gasteiger partial charge on any atom is -0.384 e. The Morgan fingerprint density at radius 3 is 2.93 bits per heavy atom. The molecule has 76 valence electrons. The van der Waals surface area contributed by atoms with Crippen LogP contribution in [0.2, 0.25) is 0 Å². The summed E-state index contributed by atoms with van der Waals surface area (Å²) in [5.41, 5.74) is 1.52. The Morgan fingerprint density at radius 2 is 2.29 bits per heavy atom. The lowest BCUT2D eigenvalue weighted by Gasteiger charge is -2.07. The highest BCUT2D eigenvalue weighted by atomic mass is 16.1. The van der Waals surface area contributed by atoms with Crippen LogP contribution in [-0.2, 0) is 0 Å². The summed E-state index contributed by atoms with van der Waals surface area (Å²) in [7, 11) is 0. The number of anilines is 1. The highest BCUT2D eigenvalue weighted by Crippen LogP contribution is 2.07. The fourth-order valence-electron chi connectivity index (χ4n) is 1.12. The number of hydrogen-bond acceptors (Lipinski definition) is 3. The molecule has 1 aromatic heterocycles. The zero-order valence-corrected chi connectivity index (χ0v) is 8.66. The number of nitrogens with one attached hydrogen (secondary N) is 1. The number of nitrogens with zero attached hydrogens (tertiary/aromatic N) is 1. The normalized spacial score (nSPS) is 10.2. The maximum absolute atomic E-state index is 10.5. The van der Waals surface area contributed by atoms with Gasteiger partial charge in [0.25, 0.3) is 0 Å². The molecule has 1 aromatic rings. The second kappa shape index (κ2) is 5.37. The van der Waals surface area contributed by atoms with Gasteiger partial charge < -0.3 is 5.32 Å². The molecule has 0 atom stereocenters. The zero-order chi connectivity index (χ0) is 10.4. The van der Waals surface area contributed by atoms with E-state index in [9.17, 15) is 4.79 Å². The van der Waals surface area contributed by atoms with Gasteiger partial charge in [-0.25, -0.2) is 0 Å². The molecule has 1 N–H and O–H groups in total. The third-order valence-corrected chi connectivity index (χ3v) is 1.95. The summed E-state index contributed by atoms with van der Waals surface area (Å²) in [5, 5.41) is 3.23. The van der Waals surface area contributed by atoms with Crippen LogP contribution in [0.1, 0.15) is 30.6 Å². The SMILES string of the molecule is CC(C)CCNc1cncc(C=O)c1. The molecule has 0 fully saturated rings. The van der Waals surface area contributed by atoms with Crippen molar-refractivity contribution in [3.8, 4) is 0 Å². The van der Waals surface area contributed by atoms with Crippen molar-refractivity contribution in [2.45, 2.75) is 20.3 Å². The Labute approximate surface area is 84.6 Å². The van der Waals surface area contributed by atoms with Crippen molar-refractivity contribution in [3.05, 3.63) is 24.0 Å². The number of aromatic nitrogens is 1. The number of rotatable bonds is 5. The maximum Gasteiger partial charge on any atom is 0.151 e. The van der Waals surface area contributed by atoms with Crippen LogP contribution in [0.15, 0.2) is 18.5 Å². The first-order valence-electron chi connectivity index (χ1n) is 4.86. The van der Waals surface area contributed by atoms with E-state index in [2.05, 4.69) is 24.1 Å². The molecule has 1 heterocycles. The molecule has 0 aliphatic carbocycles. The van der Waals surface area contributed by atoms with E-state index in [4.69, 9.17) is 0 Å². The Kier molecular flexibility index (Phi) is 4.11. The predicted octanol–water partition coefficient (Wildman–Crippen LogP) is 2.35. The molecule has 3 heteroatoms. The Balaban J connectivity index is 2.46. The average molecular weight is 192 g/mol. The lowest BCUT2D eigenvalue weighted by atomic mass is 10.1. The van der Waals surface area contributed by atoms with Gasteiger partial charge >= 0.3 is 0 Å². The van der Waals surface area contributed by atoms with E-state index >= 15 is 0 Å². The van der Waals surface area contributed by atoms with Gasteiger partial charge in [0.1, 0.15) is 0 Å². The van der Waals surface area contributed by atoms with Crippen molar-refractivity contribution in [3.63, 3.8) is 0 Å². The van der Waals surface area contributed by atoms with Gasteiger partial charge in [0, 0.05) is 24.5 Å². The van der Waals surface area contributed by atoms with Gasteiger partial charge in [-0.2, -0.15) is 0 Å².